The molecular formula is C68H84N6O8. The molecule has 4 aromatic carbocycles. The third-order valence-corrected chi connectivity index (χ3v) is 16.7. The van der Waals surface area contributed by atoms with Gasteiger partial charge in [-0.1, -0.05) is 142 Å². The van der Waals surface area contributed by atoms with Gasteiger partial charge in [0.25, 0.3) is 0 Å². The Bertz CT molecular complexity index is 2910. The Balaban J connectivity index is 0.956. The van der Waals surface area contributed by atoms with E-state index in [4.69, 9.17) is 9.47 Å². The van der Waals surface area contributed by atoms with E-state index in [0.717, 1.165) is 49.7 Å². The lowest BCUT2D eigenvalue weighted by atomic mass is 9.85. The van der Waals surface area contributed by atoms with Crippen molar-refractivity contribution >= 4 is 35.4 Å². The van der Waals surface area contributed by atoms with Gasteiger partial charge in [0.1, 0.15) is 47.9 Å². The lowest BCUT2D eigenvalue weighted by molar-refractivity contribution is -0.144. The van der Waals surface area contributed by atoms with Crippen LogP contribution in [0.1, 0.15) is 166 Å². The minimum absolute atomic E-state index is 0.146. The standard InChI is InChI=1S/C68H84N6O8/c1-11-43(3)61(75)71-59(67(5,6)7)65(79)73-41-51(39-57(73)63(77)69-55-35-21-29-47-27-15-17-33-53(47)55)81-49-31-19-25-45(37-49)23-13-14-24-46-26-20-32-50(38-46)82-52-40-58(64(78)70-56-36-22-30-48-28-16-18-34-54(48)56)74(42-52)66(80)60(68(8,9)10)72-62(76)44(4)12-2/h15-20,25-28,31-34,37-38,43-44,51-52,55-60H,11-12,21-22,29-30,35-36,39-42H2,1-10H3,(H,69,77)(H,70,78)(H,71,75)(H,72,76)/t43-,44-,51+,52+,55-,56-,57+,58+,59-,60-/m1/s1. The molecule has 0 unspecified atom stereocenters. The van der Waals surface area contributed by atoms with E-state index in [0.29, 0.717) is 35.5 Å². The second kappa shape index (κ2) is 26.6. The molecule has 10 atom stereocenters. The van der Waals surface area contributed by atoms with E-state index in [1.807, 2.05) is 142 Å². The minimum atomic E-state index is -0.870. The molecule has 0 aromatic heterocycles. The van der Waals surface area contributed by atoms with Crippen molar-refractivity contribution in [3.8, 4) is 35.2 Å². The van der Waals surface area contributed by atoms with E-state index in [1.165, 1.54) is 11.1 Å². The molecule has 434 valence electrons. The molecule has 2 fully saturated rings. The highest BCUT2D eigenvalue weighted by Gasteiger charge is 2.48. The first-order chi connectivity index (χ1) is 39.1. The first-order valence-corrected chi connectivity index (χ1v) is 29.6. The van der Waals surface area contributed by atoms with E-state index in [1.54, 1.807) is 9.80 Å². The number of amides is 6. The lowest BCUT2D eigenvalue weighted by Gasteiger charge is -2.36. The number of nitrogens with one attached hydrogen (secondary N) is 4. The molecule has 4 N–H and O–H groups in total. The van der Waals surface area contributed by atoms with Gasteiger partial charge in [0.05, 0.1) is 25.2 Å². The van der Waals surface area contributed by atoms with Crippen molar-refractivity contribution in [2.75, 3.05) is 13.1 Å². The first kappa shape index (κ1) is 60.5. The number of nitrogens with zero attached hydrogens (tertiary/aromatic N) is 2. The maximum atomic E-state index is 14.7. The number of benzene rings is 4. The Kier molecular flexibility index (Phi) is 19.6. The van der Waals surface area contributed by atoms with Crippen LogP contribution < -0.4 is 30.7 Å². The fourth-order valence-corrected chi connectivity index (χ4v) is 11.5. The highest BCUT2D eigenvalue weighted by Crippen LogP contribution is 2.35. The van der Waals surface area contributed by atoms with Gasteiger partial charge in [0.15, 0.2) is 0 Å². The van der Waals surface area contributed by atoms with Crippen LogP contribution >= 0.6 is 0 Å². The highest BCUT2D eigenvalue weighted by molar-refractivity contribution is 5.95. The topological polar surface area (TPSA) is 175 Å². The number of aryl methyl sites for hydroxylation is 2. The minimum Gasteiger partial charge on any atom is -0.488 e. The molecule has 8 rings (SSSR count). The maximum absolute atomic E-state index is 14.7. The number of likely N-dealkylation sites (tertiary alicyclic amines) is 2. The summed E-state index contributed by atoms with van der Waals surface area (Å²) in [5.41, 5.74) is 4.65. The van der Waals surface area contributed by atoms with Gasteiger partial charge < -0.3 is 40.5 Å². The Hall–Kier alpha value is -7.58. The van der Waals surface area contributed by atoms with Crippen molar-refractivity contribution in [1.29, 1.82) is 0 Å². The van der Waals surface area contributed by atoms with E-state index >= 15 is 0 Å². The van der Waals surface area contributed by atoms with Crippen LogP contribution in [0.5, 0.6) is 11.5 Å². The van der Waals surface area contributed by atoms with Crippen molar-refractivity contribution in [2.24, 2.45) is 22.7 Å². The number of fused-ring (bicyclic) bond motifs is 2. The van der Waals surface area contributed by atoms with Gasteiger partial charge in [-0.2, -0.15) is 0 Å². The number of carbonyl (C=O) groups is 6. The lowest BCUT2D eigenvalue weighted by Crippen LogP contribution is -2.58. The zero-order valence-corrected chi connectivity index (χ0v) is 49.7. The molecule has 2 aliphatic heterocycles. The number of carbonyl (C=O) groups excluding carboxylic acids is 6. The van der Waals surface area contributed by atoms with E-state index in [-0.39, 0.29) is 85.3 Å². The summed E-state index contributed by atoms with van der Waals surface area (Å²) in [6.07, 6.45) is 6.07. The smallest absolute Gasteiger partial charge is 0.246 e. The third kappa shape index (κ3) is 14.9. The molecule has 6 amide bonds. The zero-order chi connectivity index (χ0) is 58.9. The number of hydrogen-bond acceptors (Lipinski definition) is 8. The number of hydrogen-bond donors (Lipinski definition) is 4. The molecule has 0 saturated carbocycles. The Morgan fingerprint density at radius 3 is 1.33 bits per heavy atom. The summed E-state index contributed by atoms with van der Waals surface area (Å²) in [5, 5.41) is 12.6. The van der Waals surface area contributed by atoms with Crippen LogP contribution in [0.4, 0.5) is 0 Å². The molecule has 2 saturated heterocycles. The molecule has 14 nitrogen and oxygen atoms in total. The first-order valence-electron chi connectivity index (χ1n) is 29.6. The fourth-order valence-electron chi connectivity index (χ4n) is 11.5. The quantitative estimate of drug-likeness (QED) is 0.0803. The summed E-state index contributed by atoms with van der Waals surface area (Å²) in [4.78, 5) is 88.0. The summed E-state index contributed by atoms with van der Waals surface area (Å²) in [6.45, 7) is 19.4. The molecule has 2 aliphatic carbocycles. The van der Waals surface area contributed by atoms with E-state index < -0.39 is 47.2 Å². The van der Waals surface area contributed by atoms with Crippen LogP contribution in [0.15, 0.2) is 97.1 Å². The number of rotatable bonds is 16. The SMILES string of the molecule is CC[C@@H](C)C(=O)N[C@H](C(=O)N1C[C@@H](Oc2cccc(C#CC#Cc3cccc(O[C@H]4C[C@@H](C(=O)N[C@@H]5CCCc6ccccc65)N(C(=O)[C@@H](NC(=O)[C@H](C)CC)C(C)(C)C)C4)c3)c2)C[C@H]1C(=O)N[C@@H]1CCCc2ccccc21)C(C)(C)C. The monoisotopic (exact) mass is 1110 g/mol. The zero-order valence-electron chi connectivity index (χ0n) is 49.7. The molecule has 2 heterocycles. The highest BCUT2D eigenvalue weighted by atomic mass is 16.5. The van der Waals surface area contributed by atoms with Gasteiger partial charge in [-0.25, -0.2) is 0 Å². The summed E-state index contributed by atoms with van der Waals surface area (Å²) in [5.74, 6) is 11.1. The van der Waals surface area contributed by atoms with E-state index in [9.17, 15) is 28.8 Å². The molecule has 0 bridgehead atoms. The van der Waals surface area contributed by atoms with Gasteiger partial charge in [0.2, 0.25) is 35.4 Å². The Morgan fingerprint density at radius 2 is 0.951 bits per heavy atom. The second-order valence-corrected chi connectivity index (χ2v) is 25.1. The third-order valence-electron chi connectivity index (χ3n) is 16.7. The predicted molar refractivity (Wildman–Crippen MR) is 318 cm³/mol. The van der Waals surface area contributed by atoms with Crippen molar-refractivity contribution < 1.29 is 38.2 Å². The van der Waals surface area contributed by atoms with Crippen LogP contribution in [0.25, 0.3) is 0 Å². The molecule has 4 aliphatic rings. The van der Waals surface area contributed by atoms with Crippen LogP contribution in [-0.4, -0.2) is 94.7 Å². The fraction of sp³-hybridized carbons (Fsp3) is 0.500. The van der Waals surface area contributed by atoms with Gasteiger partial charge >= 0.3 is 0 Å². The molecule has 14 heteroatoms. The van der Waals surface area contributed by atoms with Crippen LogP contribution in [0, 0.1) is 46.3 Å². The summed E-state index contributed by atoms with van der Waals surface area (Å²) in [7, 11) is 0. The van der Waals surface area contributed by atoms with Crippen LogP contribution in [0.2, 0.25) is 0 Å². The average molecular weight is 1110 g/mol. The summed E-state index contributed by atoms with van der Waals surface area (Å²) >= 11 is 0. The Morgan fingerprint density at radius 1 is 0.561 bits per heavy atom. The van der Waals surface area contributed by atoms with Gasteiger partial charge in [-0.15, -0.1) is 0 Å². The second-order valence-electron chi connectivity index (χ2n) is 25.1. The molecule has 4 aromatic rings. The summed E-state index contributed by atoms with van der Waals surface area (Å²) < 4.78 is 13.1. The average Bonchev–Trinajstić information content (AvgIpc) is 4.12. The molecule has 0 spiro atoms. The Labute approximate surface area is 486 Å². The van der Waals surface area contributed by atoms with Crippen molar-refractivity contribution in [1.82, 2.24) is 31.1 Å². The van der Waals surface area contributed by atoms with Crippen LogP contribution in [0.3, 0.4) is 0 Å². The van der Waals surface area contributed by atoms with Gasteiger partial charge in [-0.3, -0.25) is 28.8 Å². The normalized spacial score (nSPS) is 21.7. The van der Waals surface area contributed by atoms with Gasteiger partial charge in [0, 0.05) is 35.8 Å². The number of ether oxygens (including phenoxy) is 2. The molecule has 0 radical (unpaired) electrons. The maximum Gasteiger partial charge on any atom is 0.246 e. The van der Waals surface area contributed by atoms with Crippen molar-refractivity contribution in [3.63, 3.8) is 0 Å². The van der Waals surface area contributed by atoms with Gasteiger partial charge in [-0.05, 0) is 133 Å². The summed E-state index contributed by atoms with van der Waals surface area (Å²) in [6, 6.07) is 27.2. The molecule has 82 heavy (non-hydrogen) atoms. The van der Waals surface area contributed by atoms with E-state index in [2.05, 4.69) is 69.2 Å². The van der Waals surface area contributed by atoms with Crippen molar-refractivity contribution in [2.45, 2.75) is 182 Å². The predicted octanol–water partition coefficient (Wildman–Crippen LogP) is 9.33. The molecular weight excluding hydrogens is 1030 g/mol. The van der Waals surface area contributed by atoms with Crippen LogP contribution in [-0.2, 0) is 41.6 Å². The van der Waals surface area contributed by atoms with Crippen molar-refractivity contribution in [3.05, 3.63) is 130 Å². The largest absolute Gasteiger partial charge is 0.488 e.